The third kappa shape index (κ3) is 2.08. The SMILES string of the molecule is Cc1c(F)cc(N2C[C@@H]3CNCC[C@]3(F)C2=O)cc1C(=O)O. The molecule has 2 atom stereocenters. The van der Waals surface area contributed by atoms with E-state index in [4.69, 9.17) is 5.11 Å². The van der Waals surface area contributed by atoms with Crippen molar-refractivity contribution in [3.63, 3.8) is 0 Å². The van der Waals surface area contributed by atoms with Gasteiger partial charge in [-0.15, -0.1) is 0 Å². The first-order chi connectivity index (χ1) is 10.3. The van der Waals surface area contributed by atoms with Gasteiger partial charge >= 0.3 is 5.97 Å². The van der Waals surface area contributed by atoms with Crippen LogP contribution in [0.4, 0.5) is 14.5 Å². The molecule has 2 heterocycles. The van der Waals surface area contributed by atoms with E-state index in [1.807, 2.05) is 0 Å². The number of carboxylic acid groups (broad SMARTS) is 1. The van der Waals surface area contributed by atoms with Crippen molar-refractivity contribution in [2.75, 3.05) is 24.5 Å². The summed E-state index contributed by atoms with van der Waals surface area (Å²) in [6.45, 7) is 2.26. The smallest absolute Gasteiger partial charge is 0.336 e. The molecule has 0 saturated carbocycles. The number of alkyl halides is 1. The monoisotopic (exact) mass is 310 g/mol. The number of nitrogens with zero attached hydrogens (tertiary/aromatic N) is 1. The van der Waals surface area contributed by atoms with Crippen LogP contribution in [-0.4, -0.2) is 42.3 Å². The molecule has 0 spiro atoms. The quantitative estimate of drug-likeness (QED) is 0.868. The average molecular weight is 310 g/mol. The van der Waals surface area contributed by atoms with Crippen LogP contribution in [0.15, 0.2) is 12.1 Å². The summed E-state index contributed by atoms with van der Waals surface area (Å²) < 4.78 is 28.8. The van der Waals surface area contributed by atoms with Gasteiger partial charge in [-0.25, -0.2) is 13.6 Å². The van der Waals surface area contributed by atoms with Crippen LogP contribution in [0.1, 0.15) is 22.3 Å². The summed E-state index contributed by atoms with van der Waals surface area (Å²) in [5.41, 5.74) is -2.08. The highest BCUT2D eigenvalue weighted by Crippen LogP contribution is 2.40. The first kappa shape index (κ1) is 14.9. The second kappa shape index (κ2) is 5.01. The molecule has 5 nitrogen and oxygen atoms in total. The molecule has 0 bridgehead atoms. The zero-order valence-electron chi connectivity index (χ0n) is 12.0. The van der Waals surface area contributed by atoms with E-state index in [1.165, 1.54) is 13.0 Å². The molecule has 2 saturated heterocycles. The summed E-state index contributed by atoms with van der Waals surface area (Å²) in [5, 5.41) is 12.2. The molecule has 118 valence electrons. The van der Waals surface area contributed by atoms with Gasteiger partial charge in [0.2, 0.25) is 0 Å². The number of carbonyl (C=O) groups excluding carboxylic acids is 1. The van der Waals surface area contributed by atoms with Crippen LogP contribution in [0.2, 0.25) is 0 Å². The number of anilines is 1. The summed E-state index contributed by atoms with van der Waals surface area (Å²) >= 11 is 0. The van der Waals surface area contributed by atoms with Gasteiger partial charge in [-0.05, 0) is 31.2 Å². The van der Waals surface area contributed by atoms with Crippen LogP contribution < -0.4 is 10.2 Å². The van der Waals surface area contributed by atoms with Crippen molar-refractivity contribution in [1.29, 1.82) is 0 Å². The summed E-state index contributed by atoms with van der Waals surface area (Å²) in [6.07, 6.45) is 0.0765. The topological polar surface area (TPSA) is 69.6 Å². The van der Waals surface area contributed by atoms with E-state index in [1.54, 1.807) is 0 Å². The number of nitrogens with one attached hydrogen (secondary N) is 1. The highest BCUT2D eigenvalue weighted by Gasteiger charge is 2.56. The lowest BCUT2D eigenvalue weighted by atomic mass is 9.86. The summed E-state index contributed by atoms with van der Waals surface area (Å²) in [7, 11) is 0. The summed E-state index contributed by atoms with van der Waals surface area (Å²) in [4.78, 5) is 24.7. The molecule has 0 aliphatic carbocycles. The molecular weight excluding hydrogens is 294 g/mol. The molecule has 0 radical (unpaired) electrons. The van der Waals surface area contributed by atoms with Crippen molar-refractivity contribution in [3.05, 3.63) is 29.1 Å². The Morgan fingerprint density at radius 1 is 1.50 bits per heavy atom. The Balaban J connectivity index is 2.02. The lowest BCUT2D eigenvalue weighted by Gasteiger charge is -2.29. The Bertz CT molecular complexity index is 664. The maximum absolute atomic E-state index is 14.9. The van der Waals surface area contributed by atoms with E-state index in [2.05, 4.69) is 5.32 Å². The average Bonchev–Trinajstić information content (AvgIpc) is 2.74. The minimum Gasteiger partial charge on any atom is -0.478 e. The maximum Gasteiger partial charge on any atom is 0.336 e. The number of piperidine rings is 1. The van der Waals surface area contributed by atoms with E-state index in [0.29, 0.717) is 13.1 Å². The Hall–Kier alpha value is -2.02. The molecule has 7 heteroatoms. The van der Waals surface area contributed by atoms with Gasteiger partial charge in [0.15, 0.2) is 5.67 Å². The first-order valence-corrected chi connectivity index (χ1v) is 7.09. The van der Waals surface area contributed by atoms with Crippen LogP contribution >= 0.6 is 0 Å². The van der Waals surface area contributed by atoms with Gasteiger partial charge < -0.3 is 15.3 Å². The van der Waals surface area contributed by atoms with Gasteiger partial charge in [0.25, 0.3) is 5.91 Å². The van der Waals surface area contributed by atoms with Crippen molar-refractivity contribution < 1.29 is 23.5 Å². The fraction of sp³-hybridized carbons (Fsp3) is 0.467. The Morgan fingerprint density at radius 3 is 2.86 bits per heavy atom. The standard InChI is InChI=1S/C15H16F2N2O3/c1-8-11(13(20)21)4-10(5-12(8)16)19-7-9-6-18-3-2-15(9,17)14(19)22/h4-5,9,18H,2-3,6-7H2,1H3,(H,20,21)/t9-,15+/m0/s1. The number of amides is 1. The predicted molar refractivity (Wildman–Crippen MR) is 75.3 cm³/mol. The van der Waals surface area contributed by atoms with Gasteiger partial charge in [0, 0.05) is 31.1 Å². The maximum atomic E-state index is 14.9. The van der Waals surface area contributed by atoms with Crippen LogP contribution in [0.25, 0.3) is 0 Å². The van der Waals surface area contributed by atoms with Crippen LogP contribution in [0.3, 0.4) is 0 Å². The number of carbonyl (C=O) groups is 2. The van der Waals surface area contributed by atoms with Gasteiger partial charge in [-0.3, -0.25) is 4.79 Å². The molecule has 22 heavy (non-hydrogen) atoms. The molecule has 0 unspecified atom stereocenters. The minimum absolute atomic E-state index is 0.00283. The molecule has 2 fully saturated rings. The number of rotatable bonds is 2. The zero-order valence-corrected chi connectivity index (χ0v) is 12.0. The highest BCUT2D eigenvalue weighted by atomic mass is 19.1. The fourth-order valence-corrected chi connectivity index (χ4v) is 3.20. The highest BCUT2D eigenvalue weighted by molar-refractivity contribution is 6.03. The lowest BCUT2D eigenvalue weighted by Crippen LogP contribution is -2.49. The van der Waals surface area contributed by atoms with Gasteiger partial charge in [0.05, 0.1) is 5.56 Å². The zero-order chi connectivity index (χ0) is 16.1. The second-order valence-corrected chi connectivity index (χ2v) is 5.83. The summed E-state index contributed by atoms with van der Waals surface area (Å²) in [5.74, 6) is -3.22. The van der Waals surface area contributed by atoms with Crippen molar-refractivity contribution in [2.24, 2.45) is 5.92 Å². The van der Waals surface area contributed by atoms with E-state index in [9.17, 15) is 18.4 Å². The second-order valence-electron chi connectivity index (χ2n) is 5.83. The van der Waals surface area contributed by atoms with Crippen molar-refractivity contribution >= 4 is 17.6 Å². The van der Waals surface area contributed by atoms with Crippen molar-refractivity contribution in [1.82, 2.24) is 5.32 Å². The van der Waals surface area contributed by atoms with Crippen molar-refractivity contribution in [2.45, 2.75) is 19.0 Å². The minimum atomic E-state index is -1.95. The molecule has 2 N–H and O–H groups in total. The molecule has 0 aromatic heterocycles. The number of hydrogen-bond donors (Lipinski definition) is 2. The summed E-state index contributed by atoms with van der Waals surface area (Å²) in [6, 6.07) is 2.32. The number of carboxylic acids is 1. The Kier molecular flexibility index (Phi) is 3.40. The van der Waals surface area contributed by atoms with Crippen LogP contribution in [-0.2, 0) is 4.79 Å². The van der Waals surface area contributed by atoms with Crippen LogP contribution in [0, 0.1) is 18.7 Å². The molecular formula is C15H16F2N2O3. The molecule has 2 aliphatic rings. The van der Waals surface area contributed by atoms with E-state index >= 15 is 0 Å². The van der Waals surface area contributed by atoms with Crippen molar-refractivity contribution in [3.8, 4) is 0 Å². The number of halogens is 2. The third-order valence-electron chi connectivity index (χ3n) is 4.58. The number of benzene rings is 1. The van der Waals surface area contributed by atoms with E-state index < -0.39 is 29.3 Å². The lowest BCUT2D eigenvalue weighted by molar-refractivity contribution is -0.130. The largest absolute Gasteiger partial charge is 0.478 e. The molecule has 1 amide bonds. The van der Waals surface area contributed by atoms with Gasteiger partial charge in [-0.1, -0.05) is 0 Å². The van der Waals surface area contributed by atoms with Gasteiger partial charge in [0.1, 0.15) is 5.82 Å². The third-order valence-corrected chi connectivity index (χ3v) is 4.58. The van der Waals surface area contributed by atoms with Gasteiger partial charge in [-0.2, -0.15) is 0 Å². The molecule has 2 aliphatic heterocycles. The Morgan fingerprint density at radius 2 is 2.23 bits per heavy atom. The number of fused-ring (bicyclic) bond motifs is 1. The predicted octanol–water partition coefficient (Wildman–Crippen LogP) is 1.50. The number of hydrogen-bond acceptors (Lipinski definition) is 3. The Labute approximate surface area is 125 Å². The van der Waals surface area contributed by atoms with E-state index in [-0.39, 0.29) is 29.8 Å². The van der Waals surface area contributed by atoms with Crippen LogP contribution in [0.5, 0.6) is 0 Å². The fourth-order valence-electron chi connectivity index (χ4n) is 3.20. The van der Waals surface area contributed by atoms with E-state index in [0.717, 1.165) is 11.0 Å². The normalized spacial score (nSPS) is 27.9. The molecule has 1 aromatic rings. The molecule has 1 aromatic carbocycles. The number of aromatic carboxylic acids is 1. The first-order valence-electron chi connectivity index (χ1n) is 7.09. The molecule has 3 rings (SSSR count).